The van der Waals surface area contributed by atoms with Gasteiger partial charge in [0.05, 0.1) is 5.75 Å². The number of rotatable bonds is 6. The topological polar surface area (TPSA) is 105 Å². The molecule has 0 spiro atoms. The fraction of sp³-hybridized carbons (Fsp3) is 0.630. The van der Waals surface area contributed by atoms with Crippen molar-refractivity contribution in [1.82, 2.24) is 9.62 Å². The van der Waals surface area contributed by atoms with Crippen molar-refractivity contribution in [2.75, 3.05) is 24.2 Å². The van der Waals surface area contributed by atoms with Gasteiger partial charge in [0, 0.05) is 18.8 Å². The van der Waals surface area contributed by atoms with Crippen molar-refractivity contribution >= 4 is 27.8 Å². The van der Waals surface area contributed by atoms with Gasteiger partial charge in [-0.15, -0.1) is 0 Å². The molecule has 36 heavy (non-hydrogen) atoms. The zero-order valence-corrected chi connectivity index (χ0v) is 22.5. The van der Waals surface area contributed by atoms with Gasteiger partial charge in [0.2, 0.25) is 10.0 Å². The van der Waals surface area contributed by atoms with Crippen molar-refractivity contribution in [3.05, 3.63) is 40.5 Å². The van der Waals surface area contributed by atoms with Crippen LogP contribution in [-0.2, 0) is 40.4 Å². The summed E-state index contributed by atoms with van der Waals surface area (Å²) in [4.78, 5) is 26.5. The van der Waals surface area contributed by atoms with Crippen molar-refractivity contribution in [3.8, 4) is 0 Å². The van der Waals surface area contributed by atoms with E-state index < -0.39 is 21.7 Å². The fourth-order valence-corrected chi connectivity index (χ4v) is 6.26. The highest BCUT2D eigenvalue weighted by Gasteiger charge is 2.27. The minimum absolute atomic E-state index is 0.248. The number of aryl methyl sites for hydroxylation is 2. The van der Waals surface area contributed by atoms with Crippen LogP contribution in [0.5, 0.6) is 0 Å². The molecule has 0 aromatic heterocycles. The molecule has 2 N–H and O–H groups in total. The molecule has 1 fully saturated rings. The lowest BCUT2D eigenvalue weighted by molar-refractivity contribution is 0.0185. The minimum atomic E-state index is -3.79. The predicted molar refractivity (Wildman–Crippen MR) is 141 cm³/mol. The lowest BCUT2D eigenvalue weighted by Crippen LogP contribution is -2.41. The molecule has 1 aromatic rings. The molecule has 1 aliphatic heterocycles. The van der Waals surface area contributed by atoms with Crippen molar-refractivity contribution in [2.24, 2.45) is 5.92 Å². The summed E-state index contributed by atoms with van der Waals surface area (Å²) in [5.74, 6) is 0.142. The van der Waals surface area contributed by atoms with Gasteiger partial charge in [0.25, 0.3) is 0 Å². The van der Waals surface area contributed by atoms with Gasteiger partial charge in [-0.1, -0.05) is 18.2 Å². The normalized spacial score (nSPS) is 18.2. The molecule has 0 radical (unpaired) electrons. The summed E-state index contributed by atoms with van der Waals surface area (Å²) < 4.78 is 32.6. The molecule has 198 valence electrons. The van der Waals surface area contributed by atoms with Gasteiger partial charge in [-0.3, -0.25) is 0 Å². The second-order valence-electron chi connectivity index (χ2n) is 11.2. The summed E-state index contributed by atoms with van der Waals surface area (Å²) in [6, 6.07) is 1.59. The number of nitrogens with one attached hydrogen (secondary N) is 2. The van der Waals surface area contributed by atoms with E-state index in [0.29, 0.717) is 19.0 Å². The average molecular weight is 518 g/mol. The van der Waals surface area contributed by atoms with Gasteiger partial charge >= 0.3 is 12.1 Å². The maximum Gasteiger partial charge on any atom is 0.410 e. The standard InChI is InChI=1S/C27H39N3O5S/c1-27(2,3)35-26(32)30-15-13-19(14-16-30)8-4-5-17-36(33,34)29-25(31)28-24-22-11-6-9-20(22)18-21-10-7-12-23(21)24/h4-5,18-19H,6-17H2,1-3H3,(H2,28,29,31)/b5-4+. The summed E-state index contributed by atoms with van der Waals surface area (Å²) in [5, 5.41) is 2.87. The second-order valence-corrected chi connectivity index (χ2v) is 13.0. The summed E-state index contributed by atoms with van der Waals surface area (Å²) in [6.45, 7) is 6.85. The van der Waals surface area contributed by atoms with Crippen LogP contribution in [0, 0.1) is 5.92 Å². The number of sulfonamides is 1. The highest BCUT2D eigenvalue weighted by atomic mass is 32.2. The number of fused-ring (bicyclic) bond motifs is 2. The van der Waals surface area contributed by atoms with Gasteiger partial charge in [-0.2, -0.15) is 0 Å². The van der Waals surface area contributed by atoms with E-state index in [2.05, 4.69) is 16.1 Å². The number of urea groups is 1. The molecule has 1 heterocycles. The Kier molecular flexibility index (Phi) is 7.97. The molecule has 0 saturated carbocycles. The number of carbonyl (C=O) groups excluding carboxylic acids is 2. The van der Waals surface area contributed by atoms with Crippen LogP contribution in [-0.4, -0.2) is 49.9 Å². The first kappa shape index (κ1) is 26.5. The van der Waals surface area contributed by atoms with Crippen molar-refractivity contribution in [2.45, 2.75) is 84.2 Å². The Balaban J connectivity index is 1.23. The van der Waals surface area contributed by atoms with Crippen LogP contribution in [0.4, 0.5) is 15.3 Å². The third-order valence-corrected chi connectivity index (χ3v) is 8.31. The summed E-state index contributed by atoms with van der Waals surface area (Å²) in [7, 11) is -3.79. The largest absolute Gasteiger partial charge is 0.444 e. The number of anilines is 1. The van der Waals surface area contributed by atoms with E-state index in [1.54, 1.807) is 11.0 Å². The van der Waals surface area contributed by atoms with Gasteiger partial charge in [-0.25, -0.2) is 22.7 Å². The van der Waals surface area contributed by atoms with E-state index in [9.17, 15) is 18.0 Å². The van der Waals surface area contributed by atoms with Crippen LogP contribution in [0.2, 0.25) is 0 Å². The van der Waals surface area contributed by atoms with Gasteiger partial charge in [0.1, 0.15) is 5.60 Å². The van der Waals surface area contributed by atoms with Crippen molar-refractivity contribution in [1.29, 1.82) is 0 Å². The number of allylic oxidation sites excluding steroid dienone is 1. The molecule has 0 unspecified atom stereocenters. The molecule has 3 amide bonds. The molecule has 3 aliphatic rings. The van der Waals surface area contributed by atoms with Gasteiger partial charge in [0.15, 0.2) is 0 Å². The Bertz CT molecular complexity index is 1100. The van der Waals surface area contributed by atoms with Crippen LogP contribution in [0.3, 0.4) is 0 Å². The number of likely N-dealkylation sites (tertiary alicyclic amines) is 1. The third kappa shape index (κ3) is 6.81. The summed E-state index contributed by atoms with van der Waals surface area (Å²) >= 11 is 0. The Labute approximate surface area is 214 Å². The molecule has 0 bridgehead atoms. The van der Waals surface area contributed by atoms with Crippen LogP contribution in [0.1, 0.15) is 75.1 Å². The second kappa shape index (κ2) is 10.8. The third-order valence-electron chi connectivity index (χ3n) is 7.18. The number of amides is 3. The fourth-order valence-electron chi connectivity index (χ4n) is 5.45. The molecule has 0 atom stereocenters. The molecule has 2 aliphatic carbocycles. The summed E-state index contributed by atoms with van der Waals surface area (Å²) in [5.41, 5.74) is 5.23. The molecular formula is C27H39N3O5S. The Morgan fingerprint density at radius 1 is 1.03 bits per heavy atom. The van der Waals surface area contributed by atoms with E-state index in [1.165, 1.54) is 22.3 Å². The number of piperidine rings is 1. The predicted octanol–water partition coefficient (Wildman–Crippen LogP) is 4.71. The van der Waals surface area contributed by atoms with Crippen LogP contribution in [0.25, 0.3) is 0 Å². The van der Waals surface area contributed by atoms with Crippen molar-refractivity contribution < 1.29 is 22.7 Å². The van der Waals surface area contributed by atoms with E-state index in [0.717, 1.165) is 63.5 Å². The van der Waals surface area contributed by atoms with Gasteiger partial charge in [-0.05, 0) is 107 Å². The lowest BCUT2D eigenvalue weighted by atomic mass is 9.93. The monoisotopic (exact) mass is 517 g/mol. The maximum atomic E-state index is 12.6. The highest BCUT2D eigenvalue weighted by Crippen LogP contribution is 2.38. The smallest absolute Gasteiger partial charge is 0.410 e. The van der Waals surface area contributed by atoms with E-state index >= 15 is 0 Å². The number of carbonyl (C=O) groups is 2. The first-order chi connectivity index (χ1) is 17.0. The molecular weight excluding hydrogens is 478 g/mol. The molecule has 1 aromatic carbocycles. The highest BCUT2D eigenvalue weighted by molar-refractivity contribution is 7.90. The number of hydrogen-bond acceptors (Lipinski definition) is 5. The Hall–Kier alpha value is -2.55. The van der Waals surface area contributed by atoms with Gasteiger partial charge < -0.3 is 15.0 Å². The first-order valence-corrected chi connectivity index (χ1v) is 14.8. The Morgan fingerprint density at radius 2 is 1.64 bits per heavy atom. The molecule has 1 saturated heterocycles. The SMILES string of the molecule is CC(C)(C)OC(=O)N1CCC(C/C=C/CS(=O)(=O)NC(=O)Nc2c3c(cc4c2CCC4)CCC3)CC1. The Morgan fingerprint density at radius 3 is 2.22 bits per heavy atom. The first-order valence-electron chi connectivity index (χ1n) is 13.1. The number of nitrogens with zero attached hydrogens (tertiary/aromatic N) is 1. The number of ether oxygens (including phenoxy) is 1. The van der Waals surface area contributed by atoms with E-state index in [-0.39, 0.29) is 11.8 Å². The average Bonchev–Trinajstić information content (AvgIpc) is 3.45. The zero-order chi connectivity index (χ0) is 25.9. The summed E-state index contributed by atoms with van der Waals surface area (Å²) in [6.07, 6.45) is 11.6. The minimum Gasteiger partial charge on any atom is -0.444 e. The molecule has 4 rings (SSSR count). The quantitative estimate of drug-likeness (QED) is 0.532. The van der Waals surface area contributed by atoms with E-state index in [4.69, 9.17) is 4.74 Å². The van der Waals surface area contributed by atoms with Crippen LogP contribution >= 0.6 is 0 Å². The molecule has 9 heteroatoms. The maximum absolute atomic E-state index is 12.6. The zero-order valence-electron chi connectivity index (χ0n) is 21.7. The van der Waals surface area contributed by atoms with E-state index in [1.807, 2.05) is 26.8 Å². The van der Waals surface area contributed by atoms with Crippen LogP contribution < -0.4 is 10.0 Å². The number of hydrogen-bond donors (Lipinski definition) is 2. The van der Waals surface area contributed by atoms with Crippen LogP contribution in [0.15, 0.2) is 18.2 Å². The lowest BCUT2D eigenvalue weighted by Gasteiger charge is -2.33. The molecule has 8 nitrogen and oxygen atoms in total. The van der Waals surface area contributed by atoms with Crippen molar-refractivity contribution in [3.63, 3.8) is 0 Å². The number of benzene rings is 1.